The molecule has 94 valence electrons. The van der Waals surface area contributed by atoms with Crippen LogP contribution in [0.15, 0.2) is 24.3 Å². The van der Waals surface area contributed by atoms with Crippen LogP contribution in [0, 0.1) is 5.82 Å². The Hall–Kier alpha value is -0.980. The lowest BCUT2D eigenvalue weighted by Gasteiger charge is -2.28. The van der Waals surface area contributed by atoms with Gasteiger partial charge in [-0.15, -0.1) is 0 Å². The molecule has 1 saturated heterocycles. The van der Waals surface area contributed by atoms with Crippen molar-refractivity contribution < 1.29 is 12.8 Å². The molecular formula is C11H15FN2O2S. The van der Waals surface area contributed by atoms with Crippen molar-refractivity contribution in [2.24, 2.45) is 5.14 Å². The van der Waals surface area contributed by atoms with Gasteiger partial charge in [0, 0.05) is 13.1 Å². The lowest BCUT2D eigenvalue weighted by Crippen LogP contribution is -2.45. The predicted octanol–water partition coefficient (Wildman–Crippen LogP) is 0.560. The molecule has 0 unspecified atom stereocenters. The van der Waals surface area contributed by atoms with Gasteiger partial charge in [0.05, 0.1) is 5.25 Å². The maximum absolute atomic E-state index is 12.8. The molecule has 4 nitrogen and oxygen atoms in total. The zero-order valence-corrected chi connectivity index (χ0v) is 10.1. The van der Waals surface area contributed by atoms with E-state index in [0.29, 0.717) is 19.5 Å². The number of rotatable bonds is 2. The summed E-state index contributed by atoms with van der Waals surface area (Å²) < 4.78 is 35.4. The van der Waals surface area contributed by atoms with E-state index in [4.69, 9.17) is 5.14 Å². The van der Waals surface area contributed by atoms with Crippen LogP contribution < -0.4 is 10.5 Å². The highest BCUT2D eigenvalue weighted by atomic mass is 32.2. The van der Waals surface area contributed by atoms with E-state index in [1.54, 1.807) is 12.1 Å². The highest BCUT2D eigenvalue weighted by molar-refractivity contribution is 7.89. The third kappa shape index (κ3) is 3.02. The second-order valence-electron chi connectivity index (χ2n) is 4.35. The number of halogens is 1. The molecule has 1 aliphatic rings. The zero-order chi connectivity index (χ0) is 12.5. The monoisotopic (exact) mass is 258 g/mol. The first-order chi connectivity index (χ1) is 7.97. The Kier molecular flexibility index (Phi) is 3.46. The van der Waals surface area contributed by atoms with E-state index in [9.17, 15) is 12.8 Å². The van der Waals surface area contributed by atoms with Gasteiger partial charge in [0.15, 0.2) is 0 Å². The SMILES string of the molecule is NS(=O)(=O)[C@@H]1CNC[C@H](c2ccc(F)cc2)C1. The van der Waals surface area contributed by atoms with Gasteiger partial charge in [0.1, 0.15) is 5.82 Å². The van der Waals surface area contributed by atoms with Gasteiger partial charge < -0.3 is 5.32 Å². The Morgan fingerprint density at radius 1 is 1.24 bits per heavy atom. The standard InChI is InChI=1S/C11H15FN2O2S/c12-10-3-1-8(2-4-10)9-5-11(7-14-6-9)17(13,15)16/h1-4,9,11,14H,5-7H2,(H2,13,15,16)/t9-,11+/m1/s1. The van der Waals surface area contributed by atoms with Crippen LogP contribution in [0.1, 0.15) is 17.9 Å². The number of piperidine rings is 1. The van der Waals surface area contributed by atoms with Crippen molar-refractivity contribution >= 4 is 10.0 Å². The molecule has 0 aliphatic carbocycles. The molecule has 0 amide bonds. The normalized spacial score (nSPS) is 25.8. The van der Waals surface area contributed by atoms with E-state index < -0.39 is 15.3 Å². The van der Waals surface area contributed by atoms with Crippen LogP contribution in [0.5, 0.6) is 0 Å². The van der Waals surface area contributed by atoms with Crippen molar-refractivity contribution in [3.8, 4) is 0 Å². The van der Waals surface area contributed by atoms with Crippen LogP contribution in [-0.4, -0.2) is 26.8 Å². The molecule has 1 aromatic rings. The van der Waals surface area contributed by atoms with Gasteiger partial charge >= 0.3 is 0 Å². The zero-order valence-electron chi connectivity index (χ0n) is 9.27. The molecule has 17 heavy (non-hydrogen) atoms. The van der Waals surface area contributed by atoms with Crippen molar-refractivity contribution in [2.75, 3.05) is 13.1 Å². The molecule has 0 aromatic heterocycles. The van der Waals surface area contributed by atoms with Crippen molar-refractivity contribution in [3.05, 3.63) is 35.6 Å². The van der Waals surface area contributed by atoms with Gasteiger partial charge in [-0.05, 0) is 30.0 Å². The summed E-state index contributed by atoms with van der Waals surface area (Å²) in [4.78, 5) is 0. The van der Waals surface area contributed by atoms with E-state index >= 15 is 0 Å². The van der Waals surface area contributed by atoms with Crippen LogP contribution >= 0.6 is 0 Å². The highest BCUT2D eigenvalue weighted by Crippen LogP contribution is 2.25. The number of primary sulfonamides is 1. The topological polar surface area (TPSA) is 72.2 Å². The second kappa shape index (κ2) is 4.72. The Morgan fingerprint density at radius 2 is 1.88 bits per heavy atom. The fourth-order valence-electron chi connectivity index (χ4n) is 2.14. The Morgan fingerprint density at radius 3 is 2.47 bits per heavy atom. The van der Waals surface area contributed by atoms with Crippen molar-refractivity contribution in [1.29, 1.82) is 0 Å². The molecule has 1 aromatic carbocycles. The van der Waals surface area contributed by atoms with Crippen molar-refractivity contribution in [1.82, 2.24) is 5.32 Å². The number of nitrogens with one attached hydrogen (secondary N) is 1. The number of sulfonamides is 1. The molecule has 1 heterocycles. The number of hydrogen-bond acceptors (Lipinski definition) is 3. The van der Waals surface area contributed by atoms with Crippen LogP contribution in [0.4, 0.5) is 4.39 Å². The van der Waals surface area contributed by atoms with E-state index in [-0.39, 0.29) is 11.7 Å². The fourth-order valence-corrected chi connectivity index (χ4v) is 2.99. The quantitative estimate of drug-likeness (QED) is 0.814. The average molecular weight is 258 g/mol. The second-order valence-corrected chi connectivity index (χ2v) is 6.20. The Balaban J connectivity index is 2.15. The molecule has 3 N–H and O–H groups in total. The van der Waals surface area contributed by atoms with Gasteiger partial charge in [-0.1, -0.05) is 12.1 Å². The van der Waals surface area contributed by atoms with Gasteiger partial charge in [-0.25, -0.2) is 17.9 Å². The summed E-state index contributed by atoms with van der Waals surface area (Å²) in [5, 5.41) is 7.63. The molecule has 6 heteroatoms. The molecule has 2 atom stereocenters. The molecule has 0 radical (unpaired) electrons. The maximum atomic E-state index is 12.8. The predicted molar refractivity (Wildman–Crippen MR) is 63.5 cm³/mol. The number of benzene rings is 1. The van der Waals surface area contributed by atoms with Gasteiger partial charge in [-0.3, -0.25) is 0 Å². The highest BCUT2D eigenvalue weighted by Gasteiger charge is 2.29. The van der Waals surface area contributed by atoms with Crippen LogP contribution in [0.3, 0.4) is 0 Å². The van der Waals surface area contributed by atoms with Crippen molar-refractivity contribution in [3.63, 3.8) is 0 Å². The van der Waals surface area contributed by atoms with Crippen LogP contribution in [0.25, 0.3) is 0 Å². The Bertz CT molecular complexity index is 487. The maximum Gasteiger partial charge on any atom is 0.213 e. The first-order valence-electron chi connectivity index (χ1n) is 5.44. The third-order valence-electron chi connectivity index (χ3n) is 3.12. The summed E-state index contributed by atoms with van der Waals surface area (Å²) in [5.41, 5.74) is 0.937. The first kappa shape index (κ1) is 12.5. The summed E-state index contributed by atoms with van der Waals surface area (Å²) in [6.45, 7) is 1.08. The first-order valence-corrected chi connectivity index (χ1v) is 7.05. The van der Waals surface area contributed by atoms with E-state index in [1.165, 1.54) is 12.1 Å². The molecule has 1 fully saturated rings. The largest absolute Gasteiger partial charge is 0.315 e. The number of hydrogen-bond donors (Lipinski definition) is 2. The summed E-state index contributed by atoms with van der Waals surface area (Å²) in [7, 11) is -3.51. The lowest BCUT2D eigenvalue weighted by atomic mass is 9.91. The molecule has 2 rings (SSSR count). The fraction of sp³-hybridized carbons (Fsp3) is 0.455. The van der Waals surface area contributed by atoms with Gasteiger partial charge in [0.2, 0.25) is 10.0 Å². The minimum absolute atomic E-state index is 0.0627. The van der Waals surface area contributed by atoms with Crippen LogP contribution in [-0.2, 0) is 10.0 Å². The molecular weight excluding hydrogens is 243 g/mol. The molecule has 0 spiro atoms. The summed E-state index contributed by atoms with van der Waals surface area (Å²) >= 11 is 0. The minimum atomic E-state index is -3.51. The van der Waals surface area contributed by atoms with Crippen molar-refractivity contribution in [2.45, 2.75) is 17.6 Å². The van der Waals surface area contributed by atoms with E-state index in [2.05, 4.69) is 5.32 Å². The number of nitrogens with two attached hydrogens (primary N) is 1. The Labute approximate surface area is 100 Å². The third-order valence-corrected chi connectivity index (χ3v) is 4.40. The van der Waals surface area contributed by atoms with E-state index in [0.717, 1.165) is 5.56 Å². The summed E-state index contributed by atoms with van der Waals surface area (Å²) in [6.07, 6.45) is 0.484. The summed E-state index contributed by atoms with van der Waals surface area (Å²) in [6, 6.07) is 6.15. The van der Waals surface area contributed by atoms with E-state index in [1.807, 2.05) is 0 Å². The molecule has 1 aliphatic heterocycles. The lowest BCUT2D eigenvalue weighted by molar-refractivity contribution is 0.451. The average Bonchev–Trinajstić information content (AvgIpc) is 2.29. The van der Waals surface area contributed by atoms with Gasteiger partial charge in [0.25, 0.3) is 0 Å². The smallest absolute Gasteiger partial charge is 0.213 e. The minimum Gasteiger partial charge on any atom is -0.315 e. The summed E-state index contributed by atoms with van der Waals surface area (Å²) in [5.74, 6) is -0.229. The molecule has 0 saturated carbocycles. The van der Waals surface area contributed by atoms with Crippen LogP contribution in [0.2, 0.25) is 0 Å². The molecule has 0 bridgehead atoms. The van der Waals surface area contributed by atoms with Gasteiger partial charge in [-0.2, -0.15) is 0 Å².